The summed E-state index contributed by atoms with van der Waals surface area (Å²) in [5, 5.41) is 12.2. The molecule has 0 spiro atoms. The number of hydrogen-bond donors (Lipinski definition) is 2. The molecule has 1 rings (SSSR count). The van der Waals surface area contributed by atoms with Gasteiger partial charge in [0, 0.05) is 18.3 Å². The van der Waals surface area contributed by atoms with Crippen LogP contribution >= 0.6 is 0 Å². The van der Waals surface area contributed by atoms with E-state index in [1.807, 2.05) is 19.1 Å². The van der Waals surface area contributed by atoms with Crippen molar-refractivity contribution in [2.24, 2.45) is 16.8 Å². The van der Waals surface area contributed by atoms with Gasteiger partial charge in [-0.15, -0.1) is 0 Å². The molecule has 1 aromatic heterocycles. The summed E-state index contributed by atoms with van der Waals surface area (Å²) < 4.78 is 0. The molecule has 0 unspecified atom stereocenters. The number of aromatic nitrogens is 1. The van der Waals surface area contributed by atoms with E-state index in [2.05, 4.69) is 42.7 Å². The fraction of sp³-hybridized carbons (Fsp3) is 0.625. The second-order valence-corrected chi connectivity index (χ2v) is 5.83. The first-order valence-corrected chi connectivity index (χ1v) is 7.66. The van der Waals surface area contributed by atoms with E-state index < -0.39 is 0 Å². The molecule has 0 bridgehead atoms. The van der Waals surface area contributed by atoms with Crippen LogP contribution in [0.4, 0.5) is 5.82 Å². The van der Waals surface area contributed by atoms with Gasteiger partial charge in [0.2, 0.25) is 0 Å². The number of rotatable bonds is 7. The zero-order valence-electron chi connectivity index (χ0n) is 13.8. The monoisotopic (exact) mass is 292 g/mol. The summed E-state index contributed by atoms with van der Waals surface area (Å²) in [7, 11) is 0. The number of pyridine rings is 1. The van der Waals surface area contributed by atoms with Crippen molar-refractivity contribution in [3.8, 4) is 0 Å². The van der Waals surface area contributed by atoms with Gasteiger partial charge >= 0.3 is 0 Å². The summed E-state index contributed by atoms with van der Waals surface area (Å²) in [4.78, 5) is 6.96. The topological polar surface area (TPSA) is 74.7 Å². The Bertz CT molecular complexity index is 481. The van der Waals surface area contributed by atoms with Crippen LogP contribution < -0.4 is 10.6 Å². The molecule has 0 aliphatic rings. The maximum Gasteiger partial charge on any atom is 0.173 e. The smallest absolute Gasteiger partial charge is 0.173 e. The molecule has 21 heavy (non-hydrogen) atoms. The fourth-order valence-corrected chi connectivity index (χ4v) is 2.55. The molecule has 5 nitrogen and oxygen atoms in total. The zero-order chi connectivity index (χ0) is 16.0. The van der Waals surface area contributed by atoms with Crippen molar-refractivity contribution in [3.63, 3.8) is 0 Å². The van der Waals surface area contributed by atoms with E-state index in [-0.39, 0.29) is 5.84 Å². The van der Waals surface area contributed by atoms with E-state index in [1.165, 1.54) is 0 Å². The van der Waals surface area contributed by atoms with Crippen LogP contribution in [0.3, 0.4) is 0 Å². The van der Waals surface area contributed by atoms with Gasteiger partial charge < -0.3 is 15.8 Å². The first-order valence-electron chi connectivity index (χ1n) is 7.66. The molecule has 1 heterocycles. The van der Waals surface area contributed by atoms with E-state index in [4.69, 9.17) is 10.9 Å². The summed E-state index contributed by atoms with van der Waals surface area (Å²) in [5.74, 6) is 1.43. The Labute approximate surface area is 127 Å². The molecule has 0 atom stereocenters. The molecule has 0 aromatic carbocycles. The Morgan fingerprint density at radius 2 is 1.95 bits per heavy atom. The second-order valence-electron chi connectivity index (χ2n) is 5.83. The Morgan fingerprint density at radius 3 is 2.43 bits per heavy atom. The number of anilines is 1. The van der Waals surface area contributed by atoms with Crippen LogP contribution in [0.15, 0.2) is 17.3 Å². The van der Waals surface area contributed by atoms with Gasteiger partial charge in [-0.1, -0.05) is 32.9 Å². The standard InChI is InChI=1S/C16H28N4O/c1-6-13(7-2)20(10-11(3)4)16-14(15(17)19-21)9-8-12(5)18-16/h8-9,11,13,21H,6-7,10H2,1-5H3,(H2,17,19). The predicted octanol–water partition coefficient (Wildman–Crippen LogP) is 3.14. The SMILES string of the molecule is CCC(CC)N(CC(C)C)c1nc(C)ccc1C(N)=NO. The van der Waals surface area contributed by atoms with E-state index >= 15 is 0 Å². The van der Waals surface area contributed by atoms with Gasteiger partial charge in [-0.05, 0) is 37.8 Å². The predicted molar refractivity (Wildman–Crippen MR) is 88.0 cm³/mol. The number of oxime groups is 1. The van der Waals surface area contributed by atoms with Gasteiger partial charge in [-0.2, -0.15) is 0 Å². The summed E-state index contributed by atoms with van der Waals surface area (Å²) >= 11 is 0. The number of amidine groups is 1. The minimum absolute atomic E-state index is 0.109. The Balaban J connectivity index is 3.37. The lowest BCUT2D eigenvalue weighted by Gasteiger charge is -2.34. The van der Waals surface area contributed by atoms with Crippen LogP contribution in [-0.2, 0) is 0 Å². The highest BCUT2D eigenvalue weighted by Crippen LogP contribution is 2.24. The number of hydrogen-bond acceptors (Lipinski definition) is 4. The molecule has 3 N–H and O–H groups in total. The Kier molecular flexibility index (Phi) is 6.46. The summed E-state index contributed by atoms with van der Waals surface area (Å²) in [6.07, 6.45) is 2.07. The van der Waals surface area contributed by atoms with E-state index in [0.29, 0.717) is 17.5 Å². The van der Waals surface area contributed by atoms with Crippen LogP contribution in [0.5, 0.6) is 0 Å². The first-order chi connectivity index (χ1) is 9.94. The highest BCUT2D eigenvalue weighted by atomic mass is 16.4. The van der Waals surface area contributed by atoms with Gasteiger partial charge in [0.05, 0.1) is 5.56 Å². The van der Waals surface area contributed by atoms with Crippen molar-refractivity contribution in [2.75, 3.05) is 11.4 Å². The molecule has 0 fully saturated rings. The van der Waals surface area contributed by atoms with E-state index in [0.717, 1.165) is 30.9 Å². The average molecular weight is 292 g/mol. The summed E-state index contributed by atoms with van der Waals surface area (Å²) in [6.45, 7) is 11.6. The minimum atomic E-state index is 0.109. The van der Waals surface area contributed by atoms with Gasteiger partial charge in [-0.3, -0.25) is 0 Å². The normalized spacial score (nSPS) is 12.2. The molecule has 5 heteroatoms. The molecule has 0 amide bonds. The van der Waals surface area contributed by atoms with Gasteiger partial charge in [-0.25, -0.2) is 4.98 Å². The highest BCUT2D eigenvalue weighted by Gasteiger charge is 2.22. The lowest BCUT2D eigenvalue weighted by Crippen LogP contribution is -2.39. The molecule has 0 aliphatic heterocycles. The fourth-order valence-electron chi connectivity index (χ4n) is 2.55. The van der Waals surface area contributed by atoms with Crippen LogP contribution in [0, 0.1) is 12.8 Å². The van der Waals surface area contributed by atoms with E-state index in [9.17, 15) is 0 Å². The van der Waals surface area contributed by atoms with Crippen LogP contribution in [0.2, 0.25) is 0 Å². The maximum absolute atomic E-state index is 9.02. The van der Waals surface area contributed by atoms with E-state index in [1.54, 1.807) is 0 Å². The molecular formula is C16H28N4O. The third-order valence-corrected chi connectivity index (χ3v) is 3.62. The third kappa shape index (κ3) is 4.34. The first kappa shape index (κ1) is 17.3. The van der Waals surface area contributed by atoms with Gasteiger partial charge in [0.1, 0.15) is 5.82 Å². The highest BCUT2D eigenvalue weighted by molar-refractivity contribution is 6.01. The molecular weight excluding hydrogens is 264 g/mol. The molecule has 0 aliphatic carbocycles. The van der Waals surface area contributed by atoms with Crippen molar-refractivity contribution >= 4 is 11.7 Å². The average Bonchev–Trinajstić information content (AvgIpc) is 2.46. The lowest BCUT2D eigenvalue weighted by atomic mass is 10.1. The number of nitrogens with two attached hydrogens (primary N) is 1. The molecule has 1 aromatic rings. The van der Waals surface area contributed by atoms with Crippen molar-refractivity contribution in [1.82, 2.24) is 4.98 Å². The van der Waals surface area contributed by atoms with Crippen molar-refractivity contribution < 1.29 is 5.21 Å². The molecule has 0 saturated heterocycles. The van der Waals surface area contributed by atoms with Crippen molar-refractivity contribution in [2.45, 2.75) is 53.5 Å². The van der Waals surface area contributed by atoms with Gasteiger partial charge in [0.25, 0.3) is 0 Å². The van der Waals surface area contributed by atoms with Crippen LogP contribution in [0.1, 0.15) is 51.8 Å². The Morgan fingerprint density at radius 1 is 1.33 bits per heavy atom. The molecule has 0 radical (unpaired) electrons. The largest absolute Gasteiger partial charge is 0.409 e. The third-order valence-electron chi connectivity index (χ3n) is 3.62. The van der Waals surface area contributed by atoms with Crippen LogP contribution in [0.25, 0.3) is 0 Å². The van der Waals surface area contributed by atoms with Crippen molar-refractivity contribution in [3.05, 3.63) is 23.4 Å². The quantitative estimate of drug-likeness (QED) is 0.350. The lowest BCUT2D eigenvalue weighted by molar-refractivity contribution is 0.318. The Hall–Kier alpha value is -1.78. The molecule has 0 saturated carbocycles. The van der Waals surface area contributed by atoms with Crippen molar-refractivity contribution in [1.29, 1.82) is 0 Å². The summed E-state index contributed by atoms with van der Waals surface area (Å²) in [5.41, 5.74) is 7.45. The number of nitrogens with zero attached hydrogens (tertiary/aromatic N) is 3. The zero-order valence-corrected chi connectivity index (χ0v) is 13.8. The molecule has 118 valence electrons. The summed E-state index contributed by atoms with van der Waals surface area (Å²) in [6, 6.07) is 4.16. The van der Waals surface area contributed by atoms with Crippen LogP contribution in [-0.4, -0.2) is 28.6 Å². The minimum Gasteiger partial charge on any atom is -0.409 e. The second kappa shape index (κ2) is 7.86. The number of aryl methyl sites for hydroxylation is 1. The van der Waals surface area contributed by atoms with Gasteiger partial charge in [0.15, 0.2) is 5.84 Å². The maximum atomic E-state index is 9.02.